The predicted octanol–water partition coefficient (Wildman–Crippen LogP) is 1.33. The number of carbonyl (C=O) groups excluding carboxylic acids is 3. The summed E-state index contributed by atoms with van der Waals surface area (Å²) in [6.45, 7) is 10.1. The van der Waals surface area contributed by atoms with Crippen LogP contribution in [0.25, 0.3) is 0 Å². The zero-order chi connectivity index (χ0) is 20.9. The molecule has 28 heavy (non-hydrogen) atoms. The number of rotatable bonds is 6. The van der Waals surface area contributed by atoms with E-state index in [1.54, 1.807) is 23.6 Å². The third-order valence-electron chi connectivity index (χ3n) is 6.12. The number of nitrogens with one attached hydrogen (secondary N) is 1. The Labute approximate surface area is 170 Å². The van der Waals surface area contributed by atoms with Crippen LogP contribution in [0.15, 0.2) is 0 Å². The largest absolute Gasteiger partial charge is 0.466 e. The number of aliphatic hydroxyl groups excluding tert-OH is 1. The number of amides is 2. The monoisotopic (exact) mass is 412 g/mol. The molecule has 1 spiro atoms. The number of fused-ring (bicyclic) bond motifs is 1. The van der Waals surface area contributed by atoms with Gasteiger partial charge in [-0.1, -0.05) is 0 Å². The van der Waals surface area contributed by atoms with E-state index in [0.717, 1.165) is 12.8 Å². The number of aliphatic hydroxyl groups is 1. The van der Waals surface area contributed by atoms with Crippen molar-refractivity contribution >= 4 is 29.5 Å². The molecule has 0 aliphatic carbocycles. The molecule has 2 bridgehead atoms. The summed E-state index contributed by atoms with van der Waals surface area (Å²) in [7, 11) is 0. The molecule has 158 valence electrons. The highest BCUT2D eigenvalue weighted by atomic mass is 32.2. The first-order valence-corrected chi connectivity index (χ1v) is 10.9. The topological polar surface area (TPSA) is 95.9 Å². The molecule has 8 heteroatoms. The van der Waals surface area contributed by atoms with Crippen molar-refractivity contribution in [1.82, 2.24) is 10.2 Å². The number of nitrogens with zero attached hydrogens (tertiary/aromatic N) is 1. The van der Waals surface area contributed by atoms with Crippen molar-refractivity contribution in [3.05, 3.63) is 0 Å². The average Bonchev–Trinajstić information content (AvgIpc) is 3.12. The van der Waals surface area contributed by atoms with E-state index >= 15 is 0 Å². The zero-order valence-corrected chi connectivity index (χ0v) is 18.2. The average molecular weight is 413 g/mol. The number of likely N-dealkylation sites (tertiary alicyclic amines) is 1. The molecule has 3 aliphatic heterocycles. The smallest absolute Gasteiger partial charge is 0.311 e. The molecule has 3 aliphatic rings. The maximum atomic E-state index is 13.5. The van der Waals surface area contributed by atoms with Crippen LogP contribution in [-0.4, -0.2) is 68.6 Å². The number of hydrogen-bond acceptors (Lipinski definition) is 6. The Morgan fingerprint density at radius 1 is 1.36 bits per heavy atom. The number of ether oxygens (including phenoxy) is 1. The summed E-state index contributed by atoms with van der Waals surface area (Å²) in [5.74, 6) is -1.76. The van der Waals surface area contributed by atoms with Crippen LogP contribution < -0.4 is 5.32 Å². The Bertz CT molecular complexity index is 678. The summed E-state index contributed by atoms with van der Waals surface area (Å²) >= 11 is 1.63. The zero-order valence-electron chi connectivity index (χ0n) is 17.4. The van der Waals surface area contributed by atoms with E-state index in [2.05, 4.69) is 5.32 Å². The fraction of sp³-hybridized carbons (Fsp3) is 0.850. The number of esters is 1. The van der Waals surface area contributed by atoms with Crippen LogP contribution in [0.1, 0.15) is 53.9 Å². The second kappa shape index (κ2) is 7.20. The van der Waals surface area contributed by atoms with Crippen molar-refractivity contribution in [2.24, 2.45) is 11.8 Å². The second-order valence-corrected chi connectivity index (χ2v) is 11.2. The van der Waals surface area contributed by atoms with Gasteiger partial charge in [0.25, 0.3) is 0 Å². The lowest BCUT2D eigenvalue weighted by Crippen LogP contribution is -2.57. The fourth-order valence-electron chi connectivity index (χ4n) is 5.24. The van der Waals surface area contributed by atoms with Gasteiger partial charge in [0.2, 0.25) is 11.8 Å². The molecule has 3 fully saturated rings. The Morgan fingerprint density at radius 2 is 2.04 bits per heavy atom. The molecule has 0 aromatic rings. The van der Waals surface area contributed by atoms with Gasteiger partial charge in [-0.25, -0.2) is 0 Å². The maximum Gasteiger partial charge on any atom is 0.311 e. The highest BCUT2D eigenvalue weighted by Crippen LogP contribution is 2.71. The summed E-state index contributed by atoms with van der Waals surface area (Å²) in [5.41, 5.74) is -0.427. The molecule has 2 amide bonds. The van der Waals surface area contributed by atoms with Gasteiger partial charge in [0.1, 0.15) is 6.04 Å². The van der Waals surface area contributed by atoms with Gasteiger partial charge >= 0.3 is 5.97 Å². The molecule has 7 nitrogen and oxygen atoms in total. The van der Waals surface area contributed by atoms with E-state index in [1.807, 2.05) is 27.7 Å². The van der Waals surface area contributed by atoms with Crippen LogP contribution in [0.5, 0.6) is 0 Å². The quantitative estimate of drug-likeness (QED) is 0.639. The minimum Gasteiger partial charge on any atom is -0.466 e. The number of hydrogen-bond donors (Lipinski definition) is 2. The number of carbonyl (C=O) groups is 3. The highest BCUT2D eigenvalue weighted by molar-refractivity contribution is 8.02. The molecular formula is C20H32N2O5S. The Hall–Kier alpha value is -1.28. The Morgan fingerprint density at radius 3 is 2.61 bits per heavy atom. The van der Waals surface area contributed by atoms with Crippen molar-refractivity contribution in [1.29, 1.82) is 0 Å². The summed E-state index contributed by atoms with van der Waals surface area (Å²) in [4.78, 5) is 41.2. The summed E-state index contributed by atoms with van der Waals surface area (Å²) in [5, 5.41) is 12.3. The highest BCUT2D eigenvalue weighted by Gasteiger charge is 2.77. The maximum absolute atomic E-state index is 13.5. The fourth-order valence-corrected chi connectivity index (χ4v) is 7.58. The van der Waals surface area contributed by atoms with E-state index in [-0.39, 0.29) is 31.0 Å². The van der Waals surface area contributed by atoms with Crippen LogP contribution in [0.2, 0.25) is 0 Å². The minimum absolute atomic E-state index is 0.0543. The van der Waals surface area contributed by atoms with Gasteiger partial charge in [0, 0.05) is 23.4 Å². The lowest BCUT2D eigenvalue weighted by molar-refractivity contribution is -0.155. The third kappa shape index (κ3) is 3.22. The van der Waals surface area contributed by atoms with Crippen molar-refractivity contribution in [2.75, 3.05) is 19.8 Å². The van der Waals surface area contributed by atoms with Gasteiger partial charge in [-0.15, -0.1) is 11.8 Å². The van der Waals surface area contributed by atoms with Crippen LogP contribution in [-0.2, 0) is 19.1 Å². The normalized spacial score (nSPS) is 36.6. The van der Waals surface area contributed by atoms with Crippen LogP contribution >= 0.6 is 11.8 Å². The predicted molar refractivity (Wildman–Crippen MR) is 107 cm³/mol. The first kappa shape index (κ1) is 21.4. The minimum atomic E-state index is -0.637. The molecule has 0 aromatic heterocycles. The van der Waals surface area contributed by atoms with E-state index < -0.39 is 32.9 Å². The Kier molecular flexibility index (Phi) is 5.51. The lowest BCUT2D eigenvalue weighted by atomic mass is 9.66. The molecule has 3 rings (SSSR count). The van der Waals surface area contributed by atoms with Gasteiger partial charge in [-0.05, 0) is 53.9 Å². The van der Waals surface area contributed by atoms with Crippen LogP contribution in [0.3, 0.4) is 0 Å². The summed E-state index contributed by atoms with van der Waals surface area (Å²) in [6.07, 6.45) is 1.90. The molecular weight excluding hydrogens is 380 g/mol. The molecule has 3 heterocycles. The van der Waals surface area contributed by atoms with E-state index in [4.69, 9.17) is 4.74 Å². The molecule has 0 aromatic carbocycles. The van der Waals surface area contributed by atoms with Crippen LogP contribution in [0.4, 0.5) is 0 Å². The van der Waals surface area contributed by atoms with E-state index in [0.29, 0.717) is 13.0 Å². The van der Waals surface area contributed by atoms with Crippen molar-refractivity contribution < 1.29 is 24.2 Å². The molecule has 0 radical (unpaired) electrons. The van der Waals surface area contributed by atoms with Gasteiger partial charge in [0.15, 0.2) is 0 Å². The SMILES string of the molecule is CCOC(=O)[C@H]1[C@H]2C(=O)N(CCCO)C(C(=O)NC(C)(C)C)C23CC[C@]1(C)S3. The van der Waals surface area contributed by atoms with E-state index in [9.17, 15) is 19.5 Å². The first-order chi connectivity index (χ1) is 13.0. The summed E-state index contributed by atoms with van der Waals surface area (Å²) in [6, 6.07) is -0.637. The lowest BCUT2D eigenvalue weighted by Gasteiger charge is -2.36. The third-order valence-corrected chi connectivity index (χ3v) is 8.11. The summed E-state index contributed by atoms with van der Waals surface area (Å²) < 4.78 is 4.32. The molecule has 2 N–H and O–H groups in total. The molecule has 0 saturated carbocycles. The van der Waals surface area contributed by atoms with Crippen molar-refractivity contribution in [3.8, 4) is 0 Å². The van der Waals surface area contributed by atoms with E-state index in [1.165, 1.54) is 0 Å². The first-order valence-electron chi connectivity index (χ1n) is 10.1. The van der Waals surface area contributed by atoms with Gasteiger partial charge < -0.3 is 20.1 Å². The number of thioether (sulfide) groups is 1. The van der Waals surface area contributed by atoms with Crippen LogP contribution in [0, 0.1) is 11.8 Å². The molecule has 3 saturated heterocycles. The second-order valence-electron chi connectivity index (χ2n) is 9.33. The molecule has 5 atom stereocenters. The van der Waals surface area contributed by atoms with Gasteiger partial charge in [0.05, 0.1) is 23.2 Å². The standard InChI is InChI=1S/C20H32N2O5S/c1-6-27-17(26)13-12-16(25)22(10-7-11-23)14(15(24)21-18(2,3)4)20(12)9-8-19(13,5)28-20/h12-14,23H,6-11H2,1-5H3,(H,21,24)/t12-,13+,14?,19-,20?/m0/s1. The molecule has 2 unspecified atom stereocenters. The van der Waals surface area contributed by atoms with Gasteiger partial charge in [-0.3, -0.25) is 14.4 Å². The van der Waals surface area contributed by atoms with Crippen molar-refractivity contribution in [3.63, 3.8) is 0 Å². The van der Waals surface area contributed by atoms with Gasteiger partial charge in [-0.2, -0.15) is 0 Å². The van der Waals surface area contributed by atoms with Crippen molar-refractivity contribution in [2.45, 2.75) is 75.0 Å². The Balaban J connectivity index is 2.02.